The van der Waals surface area contributed by atoms with E-state index < -0.39 is 5.37 Å². The van der Waals surface area contributed by atoms with Crippen LogP contribution in [-0.2, 0) is 0 Å². The second-order valence-electron chi connectivity index (χ2n) is 1.79. The van der Waals surface area contributed by atoms with E-state index >= 15 is 0 Å². The van der Waals surface area contributed by atoms with Gasteiger partial charge in [0.05, 0.1) is 11.9 Å². The summed E-state index contributed by atoms with van der Waals surface area (Å²) < 4.78 is 0.792. The summed E-state index contributed by atoms with van der Waals surface area (Å²) in [6, 6.07) is 1.70. The molecule has 3 nitrogen and oxygen atoms in total. The molecule has 1 rings (SSSR count). The third-order valence-electron chi connectivity index (χ3n) is 0.947. The third kappa shape index (κ3) is 3.90. The molecular formula is C6H5BrCl2N2O. The number of nitrogens with zero attached hydrogens (tertiary/aromatic N) is 1. The highest BCUT2D eigenvalue weighted by Gasteiger charge is 1.96. The standard InChI is InChI=1S/C6H4BrClN2O.ClH/c7-4-1-5(3-9-2-4)10-6(8)11;/h1-3H,(H,10,11);1H. The number of carbonyl (C=O) groups is 1. The molecule has 0 aliphatic heterocycles. The summed E-state index contributed by atoms with van der Waals surface area (Å²) in [6.07, 6.45) is 3.12. The molecule has 1 heterocycles. The molecule has 1 amide bonds. The lowest BCUT2D eigenvalue weighted by Crippen LogP contribution is -2.00. The number of hydrogen-bond acceptors (Lipinski definition) is 2. The summed E-state index contributed by atoms with van der Waals surface area (Å²) in [5.74, 6) is 0. The summed E-state index contributed by atoms with van der Waals surface area (Å²) >= 11 is 8.27. The minimum Gasteiger partial charge on any atom is -0.311 e. The van der Waals surface area contributed by atoms with Gasteiger partial charge in [0.25, 0.3) is 0 Å². The van der Waals surface area contributed by atoms with Crippen LogP contribution in [0.5, 0.6) is 0 Å². The van der Waals surface area contributed by atoms with Gasteiger partial charge in [-0.1, -0.05) is 0 Å². The number of nitrogens with one attached hydrogen (secondary N) is 1. The van der Waals surface area contributed by atoms with E-state index in [0.717, 1.165) is 4.47 Å². The Labute approximate surface area is 89.1 Å². The number of hydrogen-bond donors (Lipinski definition) is 1. The van der Waals surface area contributed by atoms with Crippen molar-refractivity contribution < 1.29 is 4.79 Å². The smallest absolute Gasteiger partial charge is 0.311 e. The minimum atomic E-state index is -0.620. The first-order chi connectivity index (χ1) is 5.18. The van der Waals surface area contributed by atoms with Crippen molar-refractivity contribution in [3.05, 3.63) is 22.9 Å². The summed E-state index contributed by atoms with van der Waals surface area (Å²) in [4.78, 5) is 14.2. The lowest BCUT2D eigenvalue weighted by molar-refractivity contribution is 0.269. The predicted molar refractivity (Wildman–Crippen MR) is 54.1 cm³/mol. The zero-order valence-electron chi connectivity index (χ0n) is 5.75. The molecule has 0 fully saturated rings. The van der Waals surface area contributed by atoms with Gasteiger partial charge in [-0.25, -0.2) is 0 Å². The van der Waals surface area contributed by atoms with Crippen molar-refractivity contribution in [3.8, 4) is 0 Å². The summed E-state index contributed by atoms with van der Waals surface area (Å²) in [7, 11) is 0. The Morgan fingerprint density at radius 2 is 2.25 bits per heavy atom. The zero-order chi connectivity index (χ0) is 8.27. The first-order valence-electron chi connectivity index (χ1n) is 2.75. The Bertz CT molecular complexity index is 282. The van der Waals surface area contributed by atoms with E-state index in [1.807, 2.05) is 0 Å². The van der Waals surface area contributed by atoms with Crippen molar-refractivity contribution in [3.63, 3.8) is 0 Å². The molecule has 1 N–H and O–H groups in total. The fourth-order valence-corrected chi connectivity index (χ4v) is 1.07. The fourth-order valence-electron chi connectivity index (χ4n) is 0.594. The Balaban J connectivity index is 0.00000121. The number of carbonyl (C=O) groups excluding carboxylic acids is 1. The topological polar surface area (TPSA) is 42.0 Å². The highest BCUT2D eigenvalue weighted by Crippen LogP contribution is 2.13. The van der Waals surface area contributed by atoms with E-state index in [0.29, 0.717) is 5.69 Å². The molecule has 0 spiro atoms. The first kappa shape index (κ1) is 11.7. The molecule has 12 heavy (non-hydrogen) atoms. The van der Waals surface area contributed by atoms with Crippen LogP contribution in [0.3, 0.4) is 0 Å². The van der Waals surface area contributed by atoms with Crippen LogP contribution in [0.4, 0.5) is 10.5 Å². The third-order valence-corrected chi connectivity index (χ3v) is 1.48. The molecule has 1 aromatic heterocycles. The van der Waals surface area contributed by atoms with E-state index in [2.05, 4.69) is 26.2 Å². The largest absolute Gasteiger partial charge is 0.318 e. The first-order valence-corrected chi connectivity index (χ1v) is 3.92. The van der Waals surface area contributed by atoms with Gasteiger partial charge in [-0.05, 0) is 33.6 Å². The van der Waals surface area contributed by atoms with Gasteiger partial charge in [-0.15, -0.1) is 12.4 Å². The van der Waals surface area contributed by atoms with E-state index in [9.17, 15) is 4.79 Å². The molecule has 0 radical (unpaired) electrons. The van der Waals surface area contributed by atoms with Gasteiger partial charge in [0.2, 0.25) is 0 Å². The number of pyridine rings is 1. The molecule has 0 unspecified atom stereocenters. The van der Waals surface area contributed by atoms with Gasteiger partial charge in [0.1, 0.15) is 0 Å². The van der Waals surface area contributed by atoms with Gasteiger partial charge in [-0.3, -0.25) is 9.78 Å². The molecule has 0 aromatic carbocycles. The van der Waals surface area contributed by atoms with Crippen LogP contribution in [0.15, 0.2) is 22.9 Å². The molecule has 0 bridgehead atoms. The van der Waals surface area contributed by atoms with E-state index in [4.69, 9.17) is 11.6 Å². The van der Waals surface area contributed by atoms with E-state index in [1.165, 1.54) is 6.20 Å². The number of amides is 1. The van der Waals surface area contributed by atoms with Crippen molar-refractivity contribution in [2.45, 2.75) is 0 Å². The lowest BCUT2D eigenvalue weighted by atomic mass is 10.4. The Kier molecular flexibility index (Phi) is 5.20. The van der Waals surface area contributed by atoms with Gasteiger partial charge in [0, 0.05) is 10.7 Å². The van der Waals surface area contributed by atoms with Crippen LogP contribution < -0.4 is 5.32 Å². The average Bonchev–Trinajstić information content (AvgIpc) is 1.85. The van der Waals surface area contributed by atoms with E-state index in [-0.39, 0.29) is 12.4 Å². The van der Waals surface area contributed by atoms with Crippen LogP contribution in [0.2, 0.25) is 0 Å². The highest BCUT2D eigenvalue weighted by molar-refractivity contribution is 9.10. The minimum absolute atomic E-state index is 0. The van der Waals surface area contributed by atoms with Crippen molar-refractivity contribution in [2.24, 2.45) is 0 Å². The molecule has 0 aliphatic carbocycles. The monoisotopic (exact) mass is 270 g/mol. The summed E-state index contributed by atoms with van der Waals surface area (Å²) in [5.41, 5.74) is 0.569. The normalized spacial score (nSPS) is 8.50. The van der Waals surface area contributed by atoms with Crippen molar-refractivity contribution in [2.75, 3.05) is 5.32 Å². The summed E-state index contributed by atoms with van der Waals surface area (Å²) in [6.45, 7) is 0. The van der Waals surface area contributed by atoms with Crippen LogP contribution in [0.1, 0.15) is 0 Å². The molecule has 0 saturated carbocycles. The average molecular weight is 272 g/mol. The van der Waals surface area contributed by atoms with Crippen LogP contribution >= 0.6 is 39.9 Å². The van der Waals surface area contributed by atoms with Crippen molar-refractivity contribution in [1.29, 1.82) is 0 Å². The van der Waals surface area contributed by atoms with Gasteiger partial charge >= 0.3 is 5.37 Å². The highest BCUT2D eigenvalue weighted by atomic mass is 79.9. The predicted octanol–water partition coefficient (Wildman–Crippen LogP) is 3.04. The number of aromatic nitrogens is 1. The van der Waals surface area contributed by atoms with Crippen LogP contribution in [0.25, 0.3) is 0 Å². The van der Waals surface area contributed by atoms with Crippen molar-refractivity contribution in [1.82, 2.24) is 4.98 Å². The molecule has 1 aromatic rings. The lowest BCUT2D eigenvalue weighted by Gasteiger charge is -1.98. The maximum Gasteiger partial charge on any atom is 0.318 e. The number of anilines is 1. The quantitative estimate of drug-likeness (QED) is 0.630. The van der Waals surface area contributed by atoms with Crippen LogP contribution in [0, 0.1) is 0 Å². The van der Waals surface area contributed by atoms with E-state index in [1.54, 1.807) is 12.3 Å². The van der Waals surface area contributed by atoms with Gasteiger partial charge in [-0.2, -0.15) is 0 Å². The number of halogens is 3. The second-order valence-corrected chi connectivity index (χ2v) is 3.05. The van der Waals surface area contributed by atoms with Crippen molar-refractivity contribution >= 4 is 51.0 Å². The van der Waals surface area contributed by atoms with Crippen LogP contribution in [-0.4, -0.2) is 10.4 Å². The Hall–Kier alpha value is -0.320. The Morgan fingerprint density at radius 3 is 2.75 bits per heavy atom. The SMILES string of the molecule is Cl.O=C(Cl)Nc1cncc(Br)c1. The molecule has 0 aliphatic rings. The second kappa shape index (κ2) is 5.35. The molecule has 0 atom stereocenters. The molecule has 66 valence electrons. The molecule has 0 saturated heterocycles. The molecule has 6 heteroatoms. The maximum absolute atomic E-state index is 10.3. The maximum atomic E-state index is 10.3. The summed E-state index contributed by atoms with van der Waals surface area (Å²) in [5, 5.41) is 1.76. The zero-order valence-corrected chi connectivity index (χ0v) is 8.91. The Morgan fingerprint density at radius 1 is 1.58 bits per heavy atom. The molecular weight excluding hydrogens is 267 g/mol. The fraction of sp³-hybridized carbons (Fsp3) is 0. The van der Waals surface area contributed by atoms with Gasteiger partial charge < -0.3 is 5.32 Å². The number of rotatable bonds is 1. The van der Waals surface area contributed by atoms with Gasteiger partial charge in [0.15, 0.2) is 0 Å².